The highest BCUT2D eigenvalue weighted by Gasteiger charge is 2.49. The minimum atomic E-state index is -1.43. The highest BCUT2D eigenvalue weighted by molar-refractivity contribution is 6.37. The highest BCUT2D eigenvalue weighted by Crippen LogP contribution is 2.28. The second-order valence-electron chi connectivity index (χ2n) is 4.94. The molecule has 0 aromatic heterocycles. The van der Waals surface area contributed by atoms with Crippen LogP contribution in [0.5, 0.6) is 0 Å². The standard InChI is InChI=1S/C14H20N4O3/c1-6-7-14(10(19)8-16-15)13(21-5)17-11(9(2)3)12(18-14)20-4/h6,8-9,11H,1,7H2,2-5H3/t11-,14+/m1/s1. The maximum atomic E-state index is 12.3. The van der Waals surface area contributed by atoms with Crippen molar-refractivity contribution in [3.63, 3.8) is 0 Å². The third-order valence-corrected chi connectivity index (χ3v) is 3.22. The van der Waals surface area contributed by atoms with Crippen molar-refractivity contribution < 1.29 is 19.1 Å². The van der Waals surface area contributed by atoms with E-state index >= 15 is 0 Å². The van der Waals surface area contributed by atoms with Gasteiger partial charge in [0.15, 0.2) is 0 Å². The quantitative estimate of drug-likeness (QED) is 0.330. The van der Waals surface area contributed by atoms with Crippen molar-refractivity contribution in [3.05, 3.63) is 18.2 Å². The summed E-state index contributed by atoms with van der Waals surface area (Å²) in [5.74, 6) is 0.0681. The molecular formula is C14H20N4O3. The Kier molecular flexibility index (Phi) is 5.55. The highest BCUT2D eigenvalue weighted by atomic mass is 16.5. The van der Waals surface area contributed by atoms with Crippen LogP contribution in [0.2, 0.25) is 0 Å². The fourth-order valence-corrected chi connectivity index (χ4v) is 2.17. The second-order valence-corrected chi connectivity index (χ2v) is 4.94. The lowest BCUT2D eigenvalue weighted by molar-refractivity contribution is -0.119. The summed E-state index contributed by atoms with van der Waals surface area (Å²) in [6.45, 7) is 7.57. The molecule has 7 nitrogen and oxygen atoms in total. The number of carbonyl (C=O) groups is 1. The molecular weight excluding hydrogens is 272 g/mol. The third-order valence-electron chi connectivity index (χ3n) is 3.22. The van der Waals surface area contributed by atoms with Crippen LogP contribution in [0, 0.1) is 5.92 Å². The minimum Gasteiger partial charge on any atom is -0.483 e. The zero-order valence-electron chi connectivity index (χ0n) is 12.7. The number of ketones is 1. The second kappa shape index (κ2) is 6.95. The molecule has 0 N–H and O–H groups in total. The first-order chi connectivity index (χ1) is 9.96. The SMILES string of the molecule is C=CC[C@@]1(C(=O)C=[N+]=[N-])N=C(OC)[C@@H](C(C)C)N=C1OC. The summed E-state index contributed by atoms with van der Waals surface area (Å²) in [5.41, 5.74) is 7.20. The Morgan fingerprint density at radius 3 is 2.62 bits per heavy atom. The molecule has 0 saturated heterocycles. The van der Waals surface area contributed by atoms with Crippen molar-refractivity contribution in [1.29, 1.82) is 0 Å². The molecule has 7 heteroatoms. The van der Waals surface area contributed by atoms with E-state index in [1.165, 1.54) is 20.3 Å². The maximum Gasteiger partial charge on any atom is 0.326 e. The summed E-state index contributed by atoms with van der Waals surface area (Å²) >= 11 is 0. The van der Waals surface area contributed by atoms with E-state index in [9.17, 15) is 4.79 Å². The Morgan fingerprint density at radius 2 is 2.19 bits per heavy atom. The molecule has 1 aliphatic rings. The molecule has 0 radical (unpaired) electrons. The van der Waals surface area contributed by atoms with Crippen molar-refractivity contribution in [2.75, 3.05) is 14.2 Å². The van der Waals surface area contributed by atoms with Crippen LogP contribution >= 0.6 is 0 Å². The number of aliphatic imine (C=N–C) groups is 2. The maximum absolute atomic E-state index is 12.3. The van der Waals surface area contributed by atoms with Gasteiger partial charge < -0.3 is 15.0 Å². The lowest BCUT2D eigenvalue weighted by atomic mass is 9.88. The first kappa shape index (κ1) is 16.8. The van der Waals surface area contributed by atoms with Crippen LogP contribution in [0.1, 0.15) is 20.3 Å². The Hall–Kier alpha value is -2.27. The number of ether oxygens (including phenoxy) is 2. The summed E-state index contributed by atoms with van der Waals surface area (Å²) in [5, 5.41) is 0. The van der Waals surface area contributed by atoms with Crippen molar-refractivity contribution in [2.45, 2.75) is 31.8 Å². The molecule has 0 aromatic carbocycles. The molecule has 0 unspecified atom stereocenters. The monoisotopic (exact) mass is 292 g/mol. The van der Waals surface area contributed by atoms with Gasteiger partial charge in [-0.3, -0.25) is 4.79 Å². The number of carbonyl (C=O) groups excluding carboxylic acids is 1. The summed E-state index contributed by atoms with van der Waals surface area (Å²) in [4.78, 5) is 24.0. The van der Waals surface area contributed by atoms with E-state index in [-0.39, 0.29) is 24.3 Å². The molecule has 1 heterocycles. The molecule has 21 heavy (non-hydrogen) atoms. The number of Topliss-reactive ketones (excluding diaryl/α,β-unsaturated/α-hetero) is 1. The molecule has 0 fully saturated rings. The predicted molar refractivity (Wildman–Crippen MR) is 79.7 cm³/mol. The van der Waals surface area contributed by atoms with Crippen molar-refractivity contribution in [2.24, 2.45) is 15.9 Å². The van der Waals surface area contributed by atoms with Gasteiger partial charge in [-0.15, -0.1) is 6.58 Å². The lowest BCUT2D eigenvalue weighted by Crippen LogP contribution is -2.52. The van der Waals surface area contributed by atoms with Crippen LogP contribution in [0.3, 0.4) is 0 Å². The van der Waals surface area contributed by atoms with Gasteiger partial charge in [0, 0.05) is 6.42 Å². The van der Waals surface area contributed by atoms with Gasteiger partial charge in [-0.1, -0.05) is 19.9 Å². The van der Waals surface area contributed by atoms with E-state index in [4.69, 9.17) is 15.0 Å². The average molecular weight is 292 g/mol. The van der Waals surface area contributed by atoms with Gasteiger partial charge in [-0.2, -0.15) is 4.79 Å². The average Bonchev–Trinajstić information content (AvgIpc) is 2.46. The third kappa shape index (κ3) is 3.08. The molecule has 0 aliphatic carbocycles. The Balaban J connectivity index is 3.49. The zero-order chi connectivity index (χ0) is 16.0. The van der Waals surface area contributed by atoms with E-state index in [0.29, 0.717) is 5.90 Å². The molecule has 1 rings (SSSR count). The summed E-state index contributed by atoms with van der Waals surface area (Å²) in [7, 11) is 2.90. The number of methoxy groups -OCH3 is 2. The van der Waals surface area contributed by atoms with Crippen LogP contribution in [0.25, 0.3) is 5.53 Å². The van der Waals surface area contributed by atoms with Crippen LogP contribution < -0.4 is 0 Å². The number of hydrogen-bond donors (Lipinski definition) is 0. The van der Waals surface area contributed by atoms with Crippen molar-refractivity contribution >= 4 is 23.8 Å². The van der Waals surface area contributed by atoms with E-state index in [0.717, 1.165) is 6.21 Å². The van der Waals surface area contributed by atoms with Crippen molar-refractivity contribution in [1.82, 2.24) is 0 Å². The van der Waals surface area contributed by atoms with Crippen LogP contribution in [-0.2, 0) is 14.3 Å². The fraction of sp³-hybridized carbons (Fsp3) is 0.571. The number of nitrogens with zero attached hydrogens (tertiary/aromatic N) is 4. The number of hydrogen-bond acceptors (Lipinski definition) is 5. The molecule has 0 amide bonds. The lowest BCUT2D eigenvalue weighted by Gasteiger charge is -2.32. The van der Waals surface area contributed by atoms with Crippen LogP contribution in [0.15, 0.2) is 22.6 Å². The summed E-state index contributed by atoms with van der Waals surface area (Å²) in [6, 6.07) is -0.332. The summed E-state index contributed by atoms with van der Waals surface area (Å²) < 4.78 is 10.6. The minimum absolute atomic E-state index is 0.122. The van der Waals surface area contributed by atoms with Gasteiger partial charge in [0.25, 0.3) is 5.78 Å². The van der Waals surface area contributed by atoms with Gasteiger partial charge >= 0.3 is 6.21 Å². The predicted octanol–water partition coefficient (Wildman–Crippen LogP) is 1.30. The normalized spacial score (nSPS) is 24.5. The number of rotatable bonds is 5. The molecule has 114 valence electrons. The van der Waals surface area contributed by atoms with Gasteiger partial charge in [-0.25, -0.2) is 9.98 Å². The van der Waals surface area contributed by atoms with Crippen LogP contribution in [0.4, 0.5) is 0 Å². The van der Waals surface area contributed by atoms with E-state index < -0.39 is 11.3 Å². The van der Waals surface area contributed by atoms with E-state index in [2.05, 4.69) is 21.4 Å². The smallest absolute Gasteiger partial charge is 0.326 e. The first-order valence-corrected chi connectivity index (χ1v) is 6.55. The molecule has 0 spiro atoms. The van der Waals surface area contributed by atoms with E-state index in [1.807, 2.05) is 13.8 Å². The van der Waals surface area contributed by atoms with Gasteiger partial charge in [-0.05, 0) is 5.92 Å². The molecule has 0 bridgehead atoms. The fourth-order valence-electron chi connectivity index (χ4n) is 2.17. The molecule has 1 aliphatic heterocycles. The van der Waals surface area contributed by atoms with Crippen LogP contribution in [-0.4, -0.2) is 54.4 Å². The van der Waals surface area contributed by atoms with Crippen molar-refractivity contribution in [3.8, 4) is 0 Å². The Bertz CT molecular complexity index is 532. The zero-order valence-corrected chi connectivity index (χ0v) is 12.7. The van der Waals surface area contributed by atoms with Gasteiger partial charge in [0.1, 0.15) is 6.04 Å². The molecule has 2 atom stereocenters. The summed E-state index contributed by atoms with van der Waals surface area (Å²) in [6.07, 6.45) is 2.47. The Labute approximate surface area is 124 Å². The molecule has 0 saturated carbocycles. The topological polar surface area (TPSA) is 96.7 Å². The van der Waals surface area contributed by atoms with Gasteiger partial charge in [0.2, 0.25) is 17.3 Å². The molecule has 0 aromatic rings. The Morgan fingerprint density at radius 1 is 1.52 bits per heavy atom. The van der Waals surface area contributed by atoms with Gasteiger partial charge in [0.05, 0.1) is 14.2 Å². The first-order valence-electron chi connectivity index (χ1n) is 6.55. The largest absolute Gasteiger partial charge is 0.483 e. The van der Waals surface area contributed by atoms with E-state index in [1.54, 1.807) is 0 Å².